The second-order valence-corrected chi connectivity index (χ2v) is 6.22. The number of carbonyl (C=O) groups is 1. The van der Waals surface area contributed by atoms with Gasteiger partial charge in [0.05, 0.1) is 12.6 Å². The zero-order chi connectivity index (χ0) is 15.6. The van der Waals surface area contributed by atoms with E-state index < -0.39 is 0 Å². The predicted octanol–water partition coefficient (Wildman–Crippen LogP) is 1.43. The molecule has 0 unspecified atom stereocenters. The number of hydrogen-bond acceptors (Lipinski definition) is 4. The highest BCUT2D eigenvalue weighted by molar-refractivity contribution is 5.82. The molecule has 6 heteroatoms. The Morgan fingerprint density at radius 3 is 2.78 bits per heavy atom. The Morgan fingerprint density at radius 1 is 1.13 bits per heavy atom. The lowest BCUT2D eigenvalue weighted by Crippen LogP contribution is -2.50. The van der Waals surface area contributed by atoms with Crippen LogP contribution < -0.4 is 5.32 Å². The standard InChI is InChI=1S/C17H21N5O/c23-17(14-8-4-5-9-18-14)21-10-11-22-15(12-21)19-20-16(22)13-6-2-1-3-7-13/h1-3,6-7,14,18H,4-5,8-12H2/t14-/m1/s1. The molecular weight excluding hydrogens is 290 g/mol. The summed E-state index contributed by atoms with van der Waals surface area (Å²) in [5, 5.41) is 12.0. The first-order valence-corrected chi connectivity index (χ1v) is 8.32. The lowest BCUT2D eigenvalue weighted by molar-refractivity contribution is -0.135. The van der Waals surface area contributed by atoms with Crippen LogP contribution in [0.1, 0.15) is 25.1 Å². The Hall–Kier alpha value is -2.21. The summed E-state index contributed by atoms with van der Waals surface area (Å²) in [5.74, 6) is 1.97. The molecule has 1 amide bonds. The maximum absolute atomic E-state index is 12.6. The van der Waals surface area contributed by atoms with E-state index in [9.17, 15) is 4.79 Å². The van der Waals surface area contributed by atoms with Crippen LogP contribution in [0.5, 0.6) is 0 Å². The van der Waals surface area contributed by atoms with E-state index >= 15 is 0 Å². The van der Waals surface area contributed by atoms with Crippen LogP contribution in [0.4, 0.5) is 0 Å². The summed E-state index contributed by atoms with van der Waals surface area (Å²) in [4.78, 5) is 14.6. The molecule has 23 heavy (non-hydrogen) atoms. The van der Waals surface area contributed by atoms with Gasteiger partial charge in [0.15, 0.2) is 11.6 Å². The van der Waals surface area contributed by atoms with Gasteiger partial charge in [-0.05, 0) is 19.4 Å². The van der Waals surface area contributed by atoms with Crippen molar-refractivity contribution in [2.75, 3.05) is 13.1 Å². The molecule has 0 aliphatic carbocycles. The van der Waals surface area contributed by atoms with E-state index in [1.807, 2.05) is 35.2 Å². The van der Waals surface area contributed by atoms with Gasteiger partial charge in [0.1, 0.15) is 0 Å². The first-order chi connectivity index (χ1) is 11.3. The normalized spacial score (nSPS) is 21.0. The minimum Gasteiger partial charge on any atom is -0.332 e. The molecule has 1 atom stereocenters. The van der Waals surface area contributed by atoms with E-state index in [1.54, 1.807) is 0 Å². The largest absolute Gasteiger partial charge is 0.332 e. The number of benzene rings is 1. The zero-order valence-corrected chi connectivity index (χ0v) is 13.1. The molecule has 0 bridgehead atoms. The highest BCUT2D eigenvalue weighted by atomic mass is 16.2. The van der Waals surface area contributed by atoms with Gasteiger partial charge in [0.25, 0.3) is 0 Å². The van der Waals surface area contributed by atoms with Crippen molar-refractivity contribution in [3.05, 3.63) is 36.2 Å². The number of amides is 1. The summed E-state index contributed by atoms with van der Waals surface area (Å²) in [6, 6.07) is 10.1. The molecule has 3 heterocycles. The summed E-state index contributed by atoms with van der Waals surface area (Å²) in [6.45, 7) is 2.97. The van der Waals surface area contributed by atoms with Crippen LogP contribution in [-0.2, 0) is 17.9 Å². The Morgan fingerprint density at radius 2 is 2.00 bits per heavy atom. The first-order valence-electron chi connectivity index (χ1n) is 8.32. The maximum Gasteiger partial charge on any atom is 0.240 e. The molecule has 1 N–H and O–H groups in total. The van der Waals surface area contributed by atoms with Crippen molar-refractivity contribution in [3.63, 3.8) is 0 Å². The fourth-order valence-electron chi connectivity index (χ4n) is 3.43. The molecule has 2 aromatic rings. The van der Waals surface area contributed by atoms with Gasteiger partial charge in [0.2, 0.25) is 5.91 Å². The lowest BCUT2D eigenvalue weighted by Gasteiger charge is -2.32. The van der Waals surface area contributed by atoms with Gasteiger partial charge in [0, 0.05) is 18.7 Å². The second kappa shape index (κ2) is 6.12. The third kappa shape index (κ3) is 2.74. The van der Waals surface area contributed by atoms with Crippen molar-refractivity contribution in [1.29, 1.82) is 0 Å². The summed E-state index contributed by atoms with van der Waals surface area (Å²) in [6.07, 6.45) is 3.24. The Labute approximate surface area is 135 Å². The summed E-state index contributed by atoms with van der Waals surface area (Å²) >= 11 is 0. The quantitative estimate of drug-likeness (QED) is 0.911. The number of piperidine rings is 1. The van der Waals surface area contributed by atoms with Gasteiger partial charge in [-0.25, -0.2) is 0 Å². The van der Waals surface area contributed by atoms with Crippen LogP contribution in [0.15, 0.2) is 30.3 Å². The zero-order valence-electron chi connectivity index (χ0n) is 13.1. The predicted molar refractivity (Wildman–Crippen MR) is 86.5 cm³/mol. The van der Waals surface area contributed by atoms with Gasteiger partial charge in [-0.15, -0.1) is 10.2 Å². The lowest BCUT2D eigenvalue weighted by atomic mass is 10.0. The van der Waals surface area contributed by atoms with E-state index in [0.717, 1.165) is 49.7 Å². The minimum absolute atomic E-state index is 0.0215. The summed E-state index contributed by atoms with van der Waals surface area (Å²) in [7, 11) is 0. The molecule has 2 aliphatic rings. The number of rotatable bonds is 2. The van der Waals surface area contributed by atoms with Gasteiger partial charge in [-0.2, -0.15) is 0 Å². The van der Waals surface area contributed by atoms with Gasteiger partial charge in [-0.1, -0.05) is 36.8 Å². The smallest absolute Gasteiger partial charge is 0.240 e. The van der Waals surface area contributed by atoms with E-state index in [1.165, 1.54) is 6.42 Å². The topological polar surface area (TPSA) is 63.1 Å². The molecule has 0 spiro atoms. The van der Waals surface area contributed by atoms with Crippen LogP contribution in [0, 0.1) is 0 Å². The van der Waals surface area contributed by atoms with Gasteiger partial charge >= 0.3 is 0 Å². The molecule has 1 fully saturated rings. The molecule has 2 aliphatic heterocycles. The van der Waals surface area contributed by atoms with Gasteiger partial charge in [-0.3, -0.25) is 4.79 Å². The van der Waals surface area contributed by atoms with Crippen LogP contribution in [0.2, 0.25) is 0 Å². The number of aromatic nitrogens is 3. The highest BCUT2D eigenvalue weighted by Crippen LogP contribution is 2.22. The Balaban J connectivity index is 1.52. The van der Waals surface area contributed by atoms with Crippen LogP contribution >= 0.6 is 0 Å². The molecule has 120 valence electrons. The van der Waals surface area contributed by atoms with Crippen molar-refractivity contribution in [3.8, 4) is 11.4 Å². The Kier molecular flexibility index (Phi) is 3.83. The van der Waals surface area contributed by atoms with Crippen molar-refractivity contribution in [2.24, 2.45) is 0 Å². The SMILES string of the molecule is O=C([C@H]1CCCCN1)N1CCn2c(nnc2-c2ccccc2)C1. The van der Waals surface area contributed by atoms with Crippen molar-refractivity contribution in [2.45, 2.75) is 38.4 Å². The maximum atomic E-state index is 12.6. The first kappa shape index (κ1) is 14.4. The summed E-state index contributed by atoms with van der Waals surface area (Å²) in [5.41, 5.74) is 1.07. The van der Waals surface area contributed by atoms with Gasteiger partial charge < -0.3 is 14.8 Å². The monoisotopic (exact) mass is 311 g/mol. The number of hydrogen-bond donors (Lipinski definition) is 1. The van der Waals surface area contributed by atoms with Crippen LogP contribution in [0.25, 0.3) is 11.4 Å². The number of nitrogens with one attached hydrogen (secondary N) is 1. The van der Waals surface area contributed by atoms with Crippen molar-refractivity contribution >= 4 is 5.91 Å². The van der Waals surface area contributed by atoms with E-state index in [2.05, 4.69) is 20.1 Å². The molecular formula is C17H21N5O. The molecule has 1 aromatic carbocycles. The average Bonchev–Trinajstić information content (AvgIpc) is 3.06. The van der Waals surface area contributed by atoms with Crippen molar-refractivity contribution < 1.29 is 4.79 Å². The van der Waals surface area contributed by atoms with Crippen LogP contribution in [0.3, 0.4) is 0 Å². The number of fused-ring (bicyclic) bond motifs is 1. The minimum atomic E-state index is -0.0215. The highest BCUT2D eigenvalue weighted by Gasteiger charge is 2.30. The van der Waals surface area contributed by atoms with Crippen molar-refractivity contribution in [1.82, 2.24) is 25.0 Å². The molecule has 1 saturated heterocycles. The third-order valence-electron chi connectivity index (χ3n) is 4.71. The van der Waals surface area contributed by atoms with E-state index in [0.29, 0.717) is 6.54 Å². The van der Waals surface area contributed by atoms with E-state index in [-0.39, 0.29) is 11.9 Å². The summed E-state index contributed by atoms with van der Waals surface area (Å²) < 4.78 is 2.13. The fourth-order valence-corrected chi connectivity index (χ4v) is 3.43. The molecule has 0 saturated carbocycles. The molecule has 0 radical (unpaired) electrons. The molecule has 1 aromatic heterocycles. The number of nitrogens with zero attached hydrogens (tertiary/aromatic N) is 4. The second-order valence-electron chi connectivity index (χ2n) is 6.22. The fraction of sp³-hybridized carbons (Fsp3) is 0.471. The number of carbonyl (C=O) groups excluding carboxylic acids is 1. The Bertz CT molecular complexity index is 690. The third-order valence-corrected chi connectivity index (χ3v) is 4.71. The van der Waals surface area contributed by atoms with Crippen LogP contribution in [-0.4, -0.2) is 44.7 Å². The van der Waals surface area contributed by atoms with E-state index in [4.69, 9.17) is 0 Å². The average molecular weight is 311 g/mol. The molecule has 4 rings (SSSR count). The molecule has 6 nitrogen and oxygen atoms in total.